The highest BCUT2D eigenvalue weighted by Gasteiger charge is 2.45. The lowest BCUT2D eigenvalue weighted by Gasteiger charge is -2.27. The van der Waals surface area contributed by atoms with Crippen LogP contribution in [0.2, 0.25) is 5.02 Å². The molecule has 0 bridgehead atoms. The van der Waals surface area contributed by atoms with Crippen molar-refractivity contribution in [2.24, 2.45) is 0 Å². The van der Waals surface area contributed by atoms with Crippen LogP contribution in [0.3, 0.4) is 0 Å². The molecular weight excluding hydrogens is 254 g/mol. The molecule has 0 spiro atoms. The first-order chi connectivity index (χ1) is 8.45. The minimum atomic E-state index is -1.03. The van der Waals surface area contributed by atoms with Gasteiger partial charge in [-0.1, -0.05) is 11.6 Å². The molecule has 0 saturated carbocycles. The van der Waals surface area contributed by atoms with Crippen molar-refractivity contribution in [1.82, 2.24) is 14.7 Å². The molecule has 1 aliphatic rings. The van der Waals surface area contributed by atoms with Crippen molar-refractivity contribution >= 4 is 11.6 Å². The van der Waals surface area contributed by atoms with E-state index in [4.69, 9.17) is 16.3 Å². The summed E-state index contributed by atoms with van der Waals surface area (Å²) in [5, 5.41) is 15.5. The second-order valence-corrected chi connectivity index (χ2v) is 5.46. The second kappa shape index (κ2) is 5.17. The number of hydrogen-bond acceptors (Lipinski definition) is 4. The lowest BCUT2D eigenvalue weighted by molar-refractivity contribution is -0.0378. The zero-order valence-electron chi connectivity index (χ0n) is 11.1. The number of hydrogen-bond donors (Lipinski definition) is 1. The molecule has 1 aromatic rings. The van der Waals surface area contributed by atoms with Gasteiger partial charge in [0.25, 0.3) is 0 Å². The summed E-state index contributed by atoms with van der Waals surface area (Å²) < 4.78 is 7.25. The number of ether oxygens (including phenoxy) is 1. The highest BCUT2D eigenvalue weighted by atomic mass is 35.5. The summed E-state index contributed by atoms with van der Waals surface area (Å²) in [7, 11) is 4.00. The largest absolute Gasteiger partial charge is 0.381 e. The molecule has 0 aliphatic carbocycles. The van der Waals surface area contributed by atoms with Crippen LogP contribution in [0.1, 0.15) is 19.0 Å². The smallest absolute Gasteiger partial charge is 0.135 e. The van der Waals surface area contributed by atoms with Crippen LogP contribution in [0.5, 0.6) is 0 Å². The van der Waals surface area contributed by atoms with Gasteiger partial charge in [-0.25, -0.2) is 0 Å². The molecule has 18 heavy (non-hydrogen) atoms. The third-order valence-electron chi connectivity index (χ3n) is 3.49. The Hall–Kier alpha value is -0.620. The monoisotopic (exact) mass is 273 g/mol. The van der Waals surface area contributed by atoms with E-state index in [9.17, 15) is 5.11 Å². The predicted molar refractivity (Wildman–Crippen MR) is 69.7 cm³/mol. The number of aromatic nitrogens is 2. The molecule has 0 amide bonds. The molecule has 1 saturated heterocycles. The number of aliphatic hydroxyl groups is 1. The quantitative estimate of drug-likeness (QED) is 0.892. The van der Waals surface area contributed by atoms with Gasteiger partial charge in [0.2, 0.25) is 0 Å². The van der Waals surface area contributed by atoms with Crippen molar-refractivity contribution in [2.45, 2.75) is 31.6 Å². The maximum Gasteiger partial charge on any atom is 0.135 e. The maximum atomic E-state index is 10.8. The second-order valence-electron chi connectivity index (χ2n) is 5.05. The summed E-state index contributed by atoms with van der Waals surface area (Å²) in [5.74, 6) is 0. The standard InChI is InChI=1S/C12H20ClN3O2/c1-9-12(17,4-7-18-9)11-10(13)8-14-16(11)6-5-15(2)3/h8-9,17H,4-7H2,1-3H3. The van der Waals surface area contributed by atoms with Gasteiger partial charge in [-0.2, -0.15) is 5.10 Å². The molecule has 102 valence electrons. The Kier molecular flexibility index (Phi) is 3.96. The number of nitrogens with zero attached hydrogens (tertiary/aromatic N) is 3. The minimum absolute atomic E-state index is 0.259. The van der Waals surface area contributed by atoms with Gasteiger partial charge in [-0.05, 0) is 21.0 Å². The molecule has 0 radical (unpaired) electrons. The van der Waals surface area contributed by atoms with E-state index in [0.29, 0.717) is 30.3 Å². The Balaban J connectivity index is 2.29. The maximum absolute atomic E-state index is 10.8. The number of likely N-dealkylation sites (N-methyl/N-ethyl adjacent to an activating group) is 1. The molecule has 2 unspecified atom stereocenters. The minimum Gasteiger partial charge on any atom is -0.381 e. The van der Waals surface area contributed by atoms with E-state index in [-0.39, 0.29) is 6.10 Å². The van der Waals surface area contributed by atoms with Crippen LogP contribution in [0.25, 0.3) is 0 Å². The molecule has 1 N–H and O–H groups in total. The van der Waals surface area contributed by atoms with Gasteiger partial charge in [-0.15, -0.1) is 0 Å². The van der Waals surface area contributed by atoms with E-state index in [2.05, 4.69) is 10.00 Å². The molecule has 1 fully saturated rings. The Morgan fingerprint density at radius 1 is 1.67 bits per heavy atom. The van der Waals surface area contributed by atoms with Gasteiger partial charge in [0.15, 0.2) is 0 Å². The van der Waals surface area contributed by atoms with Crippen LogP contribution >= 0.6 is 11.6 Å². The molecule has 0 aromatic carbocycles. The highest BCUT2D eigenvalue weighted by Crippen LogP contribution is 2.39. The Morgan fingerprint density at radius 2 is 2.39 bits per heavy atom. The van der Waals surface area contributed by atoms with E-state index >= 15 is 0 Å². The van der Waals surface area contributed by atoms with Gasteiger partial charge in [0.1, 0.15) is 5.60 Å². The topological polar surface area (TPSA) is 50.5 Å². The average molecular weight is 274 g/mol. The number of halogens is 1. The Bertz CT molecular complexity index is 421. The fourth-order valence-electron chi connectivity index (χ4n) is 2.30. The first-order valence-electron chi connectivity index (χ1n) is 6.15. The normalized spacial score (nSPS) is 28.2. The van der Waals surface area contributed by atoms with Gasteiger partial charge >= 0.3 is 0 Å². The molecule has 2 heterocycles. The van der Waals surface area contributed by atoms with Gasteiger partial charge < -0.3 is 14.7 Å². The van der Waals surface area contributed by atoms with Crippen LogP contribution in [-0.4, -0.2) is 53.1 Å². The zero-order valence-corrected chi connectivity index (χ0v) is 11.8. The number of rotatable bonds is 4. The summed E-state index contributed by atoms with van der Waals surface area (Å²) in [6.45, 7) is 3.96. The van der Waals surface area contributed by atoms with E-state index in [1.54, 1.807) is 10.9 Å². The van der Waals surface area contributed by atoms with E-state index < -0.39 is 5.60 Å². The molecule has 2 atom stereocenters. The lowest BCUT2D eigenvalue weighted by Crippen LogP contribution is -2.36. The highest BCUT2D eigenvalue weighted by molar-refractivity contribution is 6.31. The van der Waals surface area contributed by atoms with Gasteiger partial charge in [0.05, 0.1) is 36.2 Å². The summed E-state index contributed by atoms with van der Waals surface area (Å²) in [6, 6.07) is 0. The first kappa shape index (κ1) is 13.8. The van der Waals surface area contributed by atoms with Crippen LogP contribution in [-0.2, 0) is 16.9 Å². The first-order valence-corrected chi connectivity index (χ1v) is 6.53. The van der Waals surface area contributed by atoms with Crippen molar-refractivity contribution < 1.29 is 9.84 Å². The summed E-state index contributed by atoms with van der Waals surface area (Å²) in [6.07, 6.45) is 1.89. The van der Waals surface area contributed by atoms with Crippen LogP contribution in [0, 0.1) is 0 Å². The van der Waals surface area contributed by atoms with Gasteiger partial charge in [0, 0.05) is 13.0 Å². The molecular formula is C12H20ClN3O2. The summed E-state index contributed by atoms with van der Waals surface area (Å²) in [5.41, 5.74) is -0.351. The van der Waals surface area contributed by atoms with Crippen LogP contribution in [0.4, 0.5) is 0 Å². The van der Waals surface area contributed by atoms with Crippen LogP contribution in [0.15, 0.2) is 6.20 Å². The Morgan fingerprint density at radius 3 is 2.94 bits per heavy atom. The average Bonchev–Trinajstić information content (AvgIpc) is 2.82. The van der Waals surface area contributed by atoms with Crippen molar-refractivity contribution in [2.75, 3.05) is 27.2 Å². The van der Waals surface area contributed by atoms with E-state index in [0.717, 1.165) is 6.54 Å². The predicted octanol–water partition coefficient (Wildman–Crippen LogP) is 1.09. The fourth-order valence-corrected chi connectivity index (χ4v) is 2.61. The zero-order chi connectivity index (χ0) is 13.3. The summed E-state index contributed by atoms with van der Waals surface area (Å²) in [4.78, 5) is 2.07. The molecule has 5 nitrogen and oxygen atoms in total. The van der Waals surface area contributed by atoms with E-state index in [1.807, 2.05) is 21.0 Å². The third kappa shape index (κ3) is 2.40. The van der Waals surface area contributed by atoms with Gasteiger partial charge in [-0.3, -0.25) is 4.68 Å². The third-order valence-corrected chi connectivity index (χ3v) is 3.76. The van der Waals surface area contributed by atoms with E-state index in [1.165, 1.54) is 0 Å². The SMILES string of the molecule is CC1OCCC1(O)c1c(Cl)cnn1CCN(C)C. The lowest BCUT2D eigenvalue weighted by atomic mass is 9.92. The van der Waals surface area contributed by atoms with Crippen LogP contribution < -0.4 is 0 Å². The summed E-state index contributed by atoms with van der Waals surface area (Å²) >= 11 is 6.18. The fraction of sp³-hybridized carbons (Fsp3) is 0.750. The van der Waals surface area contributed by atoms with Crippen molar-refractivity contribution in [3.63, 3.8) is 0 Å². The Labute approximate surface area is 112 Å². The molecule has 1 aliphatic heterocycles. The van der Waals surface area contributed by atoms with Crippen molar-refractivity contribution in [3.8, 4) is 0 Å². The van der Waals surface area contributed by atoms with Crippen molar-refractivity contribution in [1.29, 1.82) is 0 Å². The molecule has 6 heteroatoms. The molecule has 2 rings (SSSR count). The molecule has 1 aromatic heterocycles. The van der Waals surface area contributed by atoms with Crippen molar-refractivity contribution in [3.05, 3.63) is 16.9 Å².